The predicted molar refractivity (Wildman–Crippen MR) is 104 cm³/mol. The predicted octanol–water partition coefficient (Wildman–Crippen LogP) is 4.64. The maximum atomic E-state index is 12.9. The summed E-state index contributed by atoms with van der Waals surface area (Å²) < 4.78 is 34.7. The fraction of sp³-hybridized carbons (Fsp3) is 0.200. The zero-order chi connectivity index (χ0) is 20.2. The van der Waals surface area contributed by atoms with Gasteiger partial charge in [-0.05, 0) is 42.0 Å². The molecule has 0 atom stereocenters. The van der Waals surface area contributed by atoms with Crippen LogP contribution in [0.1, 0.15) is 21.1 Å². The summed E-state index contributed by atoms with van der Waals surface area (Å²) in [6.45, 7) is 1.07. The highest BCUT2D eigenvalue weighted by atomic mass is 35.5. The number of nitrogens with zero attached hydrogens (tertiary/aromatic N) is 1. The van der Waals surface area contributed by atoms with E-state index in [1.807, 2.05) is 0 Å². The van der Waals surface area contributed by atoms with Crippen LogP contribution in [0, 0.1) is 5.82 Å². The van der Waals surface area contributed by atoms with Gasteiger partial charge in [-0.3, -0.25) is 0 Å². The summed E-state index contributed by atoms with van der Waals surface area (Å²) in [4.78, 5) is 16.5. The van der Waals surface area contributed by atoms with Crippen LogP contribution in [-0.4, -0.2) is 24.2 Å². The van der Waals surface area contributed by atoms with Crippen molar-refractivity contribution >= 4 is 28.9 Å². The number of carbonyl (C=O) groups excluding carboxylic acids is 1. The molecule has 1 aliphatic heterocycles. The smallest absolute Gasteiger partial charge is 0.358 e. The number of esters is 1. The number of fused-ring (bicyclic) bond motifs is 1. The molecule has 150 valence electrons. The average Bonchev–Trinajstić information content (AvgIpc) is 3.21. The Labute approximate surface area is 174 Å². The molecule has 3 aromatic rings. The molecule has 6 nitrogen and oxygen atoms in total. The lowest BCUT2D eigenvalue weighted by atomic mass is 10.2. The van der Waals surface area contributed by atoms with E-state index in [9.17, 15) is 9.18 Å². The molecule has 0 spiro atoms. The second-order valence-electron chi connectivity index (χ2n) is 6.05. The number of ether oxygens (including phenoxy) is 4. The van der Waals surface area contributed by atoms with Gasteiger partial charge in [-0.15, -0.1) is 11.3 Å². The molecule has 0 saturated heterocycles. The van der Waals surface area contributed by atoms with Crippen LogP contribution < -0.4 is 14.2 Å². The van der Waals surface area contributed by atoms with Gasteiger partial charge in [0, 0.05) is 5.38 Å². The fourth-order valence-electron chi connectivity index (χ4n) is 2.62. The molecular formula is C20H15ClFNO5S. The van der Waals surface area contributed by atoms with E-state index < -0.39 is 5.97 Å². The summed E-state index contributed by atoms with van der Waals surface area (Å²) in [5.41, 5.74) is 0.874. The van der Waals surface area contributed by atoms with E-state index in [1.165, 1.54) is 35.6 Å². The van der Waals surface area contributed by atoms with Crippen LogP contribution in [0.15, 0.2) is 41.8 Å². The summed E-state index contributed by atoms with van der Waals surface area (Å²) in [7, 11) is 0. The Bertz CT molecular complexity index is 1020. The molecule has 0 unspecified atom stereocenters. The highest BCUT2D eigenvalue weighted by Crippen LogP contribution is 2.38. The van der Waals surface area contributed by atoms with Crippen LogP contribution in [0.2, 0.25) is 5.02 Å². The number of rotatable bonds is 6. The van der Waals surface area contributed by atoms with E-state index in [-0.39, 0.29) is 24.7 Å². The Balaban J connectivity index is 1.33. The lowest BCUT2D eigenvalue weighted by Crippen LogP contribution is -2.16. The molecule has 0 saturated carbocycles. The molecular weight excluding hydrogens is 421 g/mol. The van der Waals surface area contributed by atoms with Crippen molar-refractivity contribution in [2.45, 2.75) is 13.2 Å². The van der Waals surface area contributed by atoms with Gasteiger partial charge in [0.1, 0.15) is 43.0 Å². The molecule has 0 aliphatic carbocycles. The Hall–Kier alpha value is -2.84. The third kappa shape index (κ3) is 4.78. The molecule has 2 aromatic carbocycles. The number of aromatic nitrogens is 1. The van der Waals surface area contributed by atoms with E-state index in [0.29, 0.717) is 46.1 Å². The van der Waals surface area contributed by atoms with Gasteiger partial charge in [-0.1, -0.05) is 11.6 Å². The first kappa shape index (κ1) is 19.5. The number of hydrogen-bond donors (Lipinski definition) is 0. The maximum absolute atomic E-state index is 12.9. The van der Waals surface area contributed by atoms with Crippen LogP contribution in [0.3, 0.4) is 0 Å². The van der Waals surface area contributed by atoms with E-state index >= 15 is 0 Å². The monoisotopic (exact) mass is 435 g/mol. The van der Waals surface area contributed by atoms with E-state index in [1.54, 1.807) is 17.5 Å². The van der Waals surface area contributed by atoms with Gasteiger partial charge < -0.3 is 18.9 Å². The van der Waals surface area contributed by atoms with E-state index in [4.69, 9.17) is 30.5 Å². The normalized spacial score (nSPS) is 12.5. The first-order chi connectivity index (χ1) is 14.1. The molecule has 0 fully saturated rings. The molecule has 1 aliphatic rings. The van der Waals surface area contributed by atoms with Crippen LogP contribution in [0.4, 0.5) is 4.39 Å². The second-order valence-corrected chi connectivity index (χ2v) is 7.40. The molecule has 29 heavy (non-hydrogen) atoms. The number of hydrogen-bond acceptors (Lipinski definition) is 7. The average molecular weight is 436 g/mol. The fourth-order valence-corrected chi connectivity index (χ4v) is 3.58. The number of halogens is 2. The molecule has 0 amide bonds. The molecule has 9 heteroatoms. The SMILES string of the molecule is O=C(OCc1cc(Cl)c2c(c1)OCCO2)c1csc(COc2ccc(F)cc2)n1. The maximum Gasteiger partial charge on any atom is 0.358 e. The Kier molecular flexibility index (Phi) is 5.82. The van der Waals surface area contributed by atoms with Gasteiger partial charge in [-0.2, -0.15) is 0 Å². The Morgan fingerprint density at radius 2 is 1.97 bits per heavy atom. The van der Waals surface area contributed by atoms with Gasteiger partial charge in [-0.25, -0.2) is 14.2 Å². The van der Waals surface area contributed by atoms with Crippen molar-refractivity contribution in [3.8, 4) is 17.2 Å². The number of thiazole rings is 1. The third-order valence-electron chi connectivity index (χ3n) is 3.96. The molecule has 0 N–H and O–H groups in total. The minimum absolute atomic E-state index is 0.0220. The van der Waals surface area contributed by atoms with Crippen molar-refractivity contribution < 1.29 is 28.1 Å². The van der Waals surface area contributed by atoms with Gasteiger partial charge in [0.15, 0.2) is 17.2 Å². The highest BCUT2D eigenvalue weighted by Gasteiger charge is 2.18. The second kappa shape index (κ2) is 8.67. The molecule has 2 heterocycles. The Morgan fingerprint density at radius 3 is 2.79 bits per heavy atom. The summed E-state index contributed by atoms with van der Waals surface area (Å²) in [5, 5.41) is 2.61. The lowest BCUT2D eigenvalue weighted by molar-refractivity contribution is 0.0465. The van der Waals surface area contributed by atoms with Crippen molar-refractivity contribution in [3.05, 3.63) is 68.9 Å². The van der Waals surface area contributed by atoms with Crippen LogP contribution in [0.25, 0.3) is 0 Å². The van der Waals surface area contributed by atoms with Gasteiger partial charge in [0.2, 0.25) is 0 Å². The van der Waals surface area contributed by atoms with E-state index in [0.717, 1.165) is 0 Å². The highest BCUT2D eigenvalue weighted by molar-refractivity contribution is 7.09. The molecule has 4 rings (SSSR count). The van der Waals surface area contributed by atoms with Crippen molar-refractivity contribution in [1.82, 2.24) is 4.98 Å². The summed E-state index contributed by atoms with van der Waals surface area (Å²) in [6.07, 6.45) is 0. The summed E-state index contributed by atoms with van der Waals surface area (Å²) in [5.74, 6) is 0.652. The summed E-state index contributed by atoms with van der Waals surface area (Å²) >= 11 is 7.46. The summed E-state index contributed by atoms with van der Waals surface area (Å²) in [6, 6.07) is 9.07. The standard InChI is InChI=1S/C20H15ClFNO5S/c21-15-7-12(8-17-19(15)26-6-5-25-17)9-28-20(24)16-11-29-18(23-16)10-27-14-3-1-13(22)2-4-14/h1-4,7-8,11H,5-6,9-10H2. The first-order valence-corrected chi connectivity index (χ1v) is 9.92. The minimum Gasteiger partial charge on any atom is -0.486 e. The van der Waals surface area contributed by atoms with Gasteiger partial charge >= 0.3 is 5.97 Å². The van der Waals surface area contributed by atoms with Gasteiger partial charge in [0.25, 0.3) is 0 Å². The zero-order valence-electron chi connectivity index (χ0n) is 15.0. The van der Waals surface area contributed by atoms with Crippen LogP contribution in [-0.2, 0) is 18.0 Å². The third-order valence-corrected chi connectivity index (χ3v) is 5.07. The van der Waals surface area contributed by atoms with Crippen molar-refractivity contribution in [2.24, 2.45) is 0 Å². The minimum atomic E-state index is -0.555. The molecule has 0 radical (unpaired) electrons. The number of carbonyl (C=O) groups is 1. The van der Waals surface area contributed by atoms with Crippen molar-refractivity contribution in [1.29, 1.82) is 0 Å². The first-order valence-electron chi connectivity index (χ1n) is 8.66. The van der Waals surface area contributed by atoms with Crippen molar-refractivity contribution in [3.63, 3.8) is 0 Å². The van der Waals surface area contributed by atoms with Gasteiger partial charge in [0.05, 0.1) is 5.02 Å². The number of benzene rings is 2. The van der Waals surface area contributed by atoms with E-state index in [2.05, 4.69) is 4.98 Å². The topological polar surface area (TPSA) is 66.9 Å². The Morgan fingerprint density at radius 1 is 1.17 bits per heavy atom. The van der Waals surface area contributed by atoms with Crippen LogP contribution >= 0.6 is 22.9 Å². The van der Waals surface area contributed by atoms with Crippen LogP contribution in [0.5, 0.6) is 17.2 Å². The lowest BCUT2D eigenvalue weighted by Gasteiger charge is -2.20. The molecule has 0 bridgehead atoms. The van der Waals surface area contributed by atoms with Crippen molar-refractivity contribution in [2.75, 3.05) is 13.2 Å². The quantitative estimate of drug-likeness (QED) is 0.525. The molecule has 1 aromatic heterocycles. The largest absolute Gasteiger partial charge is 0.486 e. The zero-order valence-corrected chi connectivity index (χ0v) is 16.6.